The number of carbonyl (C=O) groups is 4. The molecule has 23 heteroatoms. The Morgan fingerprint density at radius 3 is 1.24 bits per heavy atom. The minimum Gasteiger partial charge on any atom is -0.512 e. The number of nitrogens with zero attached hydrogens (tertiary/aromatic N) is 8. The van der Waals surface area contributed by atoms with Crippen LogP contribution < -0.4 is 0 Å². The van der Waals surface area contributed by atoms with E-state index in [4.69, 9.17) is 20.4 Å². The van der Waals surface area contributed by atoms with E-state index in [2.05, 4.69) is 170 Å². The van der Waals surface area contributed by atoms with E-state index in [9.17, 15) is 19.2 Å². The van der Waals surface area contributed by atoms with Crippen molar-refractivity contribution in [3.63, 3.8) is 0 Å². The number of para-hydroxylation sites is 1. The molecule has 16 nitrogen and oxygen atoms in total. The molecule has 0 atom stereocenters. The van der Waals surface area contributed by atoms with Gasteiger partial charge in [-0.05, 0) is 165 Å². The Balaban J connectivity index is 0.000000706. The SMILES string of the molecule is CC(=O)C=C(C)O.CC(=O)C=C(C)O.CC(=O)C=C(C)O.CC(C)Cn1c2c[c-]c(-c3ccccn3)cc2c2ccccc21.Cc1cc[c-]c(-c2cccc(C)n2)c1.Cc1cccnc1-c1[c-]cccc1.O=C(O)c1ccccn1.[Ir].[Ir].[Ir].[Ir].[Ir].[Ir].[c-]1c(-c2ccccn2)sc2ccccc12.[c-]1ccccc1-c1ccccn1.[c-]1ccccc1-c1ccccn1. The summed E-state index contributed by atoms with van der Waals surface area (Å²) in [5, 5.41) is 37.2. The van der Waals surface area contributed by atoms with E-state index in [-0.39, 0.29) is 161 Å². The van der Waals surface area contributed by atoms with Gasteiger partial charge in [0.2, 0.25) is 0 Å². The maximum absolute atomic E-state index is 10.1. The summed E-state index contributed by atoms with van der Waals surface area (Å²) in [5.74, 6) is -0.576. The second kappa shape index (κ2) is 62.5. The van der Waals surface area contributed by atoms with Crippen LogP contribution in [0.5, 0.6) is 0 Å². The molecule has 9 aromatic heterocycles. The number of carboxylic acids is 1. The number of aliphatic hydroxyl groups excluding tert-OH is 3. The van der Waals surface area contributed by atoms with Crippen LogP contribution in [0.4, 0.5) is 0 Å². The van der Waals surface area contributed by atoms with Gasteiger partial charge < -0.3 is 54.9 Å². The third-order valence-corrected chi connectivity index (χ3v) is 17.0. The number of fused-ring (bicyclic) bond motifs is 4. The number of aliphatic hydroxyl groups is 3. The molecule has 6 radical (unpaired) electrons. The average Bonchev–Trinajstić information content (AvgIpc) is 1.60. The molecule has 0 saturated carbocycles. The summed E-state index contributed by atoms with van der Waals surface area (Å²) in [6.07, 6.45) is 14.0. The normalized spacial score (nSPS) is 10.0. The Kier molecular flexibility index (Phi) is 56.1. The molecular weight excluding hydrogens is 2650 g/mol. The van der Waals surface area contributed by atoms with Crippen molar-refractivity contribution in [3.8, 4) is 66.9 Å². The number of aromatic carboxylic acids is 1. The smallest absolute Gasteiger partial charge is 0.354 e. The van der Waals surface area contributed by atoms with E-state index in [1.54, 1.807) is 35.9 Å². The Labute approximate surface area is 818 Å². The number of rotatable bonds is 12. The van der Waals surface area contributed by atoms with E-state index in [0.717, 1.165) is 79.1 Å². The van der Waals surface area contributed by atoms with Gasteiger partial charge in [0.05, 0.1) is 17.3 Å². The zero-order valence-electron chi connectivity index (χ0n) is 70.4. The Bertz CT molecular complexity index is 5580. The van der Waals surface area contributed by atoms with Gasteiger partial charge in [0, 0.05) is 199 Å². The van der Waals surface area contributed by atoms with Gasteiger partial charge in [0.25, 0.3) is 0 Å². The summed E-state index contributed by atoms with van der Waals surface area (Å²) in [5.41, 5.74) is 17.3. The number of ketones is 3. The van der Waals surface area contributed by atoms with Crippen molar-refractivity contribution < 1.29 is 160 Å². The van der Waals surface area contributed by atoms with Crippen LogP contribution in [0.25, 0.3) is 98.7 Å². The van der Waals surface area contributed by atoms with Gasteiger partial charge in [-0.25, -0.2) is 21.1 Å². The quantitative estimate of drug-likeness (QED) is 0.0505. The van der Waals surface area contributed by atoms with Gasteiger partial charge in [0.1, 0.15) is 5.69 Å². The van der Waals surface area contributed by atoms with Crippen molar-refractivity contribution in [2.75, 3.05) is 0 Å². The topological polar surface area (TPSA) is 244 Å². The van der Waals surface area contributed by atoms with Crippen LogP contribution in [0, 0.1) is 63.1 Å². The van der Waals surface area contributed by atoms with Crippen LogP contribution in [0.15, 0.2) is 346 Å². The summed E-state index contributed by atoms with van der Waals surface area (Å²) < 4.78 is 3.67. The fraction of sp³-hybridized carbons (Fsp3) is 0.127. The molecule has 656 valence electrons. The van der Waals surface area contributed by atoms with Gasteiger partial charge in [-0.2, -0.15) is 0 Å². The number of thiophene rings is 1. The van der Waals surface area contributed by atoms with Crippen LogP contribution >= 0.6 is 11.3 Å². The van der Waals surface area contributed by atoms with E-state index >= 15 is 0 Å². The fourth-order valence-corrected chi connectivity index (χ4v) is 12.0. The van der Waals surface area contributed by atoms with Gasteiger partial charge in [-0.3, -0.25) is 14.4 Å². The molecule has 4 N–H and O–H groups in total. The first-order valence-electron chi connectivity index (χ1n) is 37.9. The number of carbonyl (C=O) groups excluding carboxylic acids is 3. The molecule has 0 saturated heterocycles. The summed E-state index contributed by atoms with van der Waals surface area (Å²) in [6.45, 7) is 20.2. The van der Waals surface area contributed by atoms with Crippen LogP contribution in [0.1, 0.15) is 82.7 Å². The molecule has 0 spiro atoms. The molecule has 16 rings (SSSR count). The third kappa shape index (κ3) is 41.8. The minimum absolute atomic E-state index is 0. The van der Waals surface area contributed by atoms with E-state index < -0.39 is 5.97 Å². The molecule has 7 aromatic carbocycles. The number of hydrogen-bond donors (Lipinski definition) is 4. The van der Waals surface area contributed by atoms with Crippen molar-refractivity contribution in [1.82, 2.24) is 39.5 Å². The van der Waals surface area contributed by atoms with Gasteiger partial charge in [-0.1, -0.05) is 135 Å². The minimum atomic E-state index is -0.990. The zero-order chi connectivity index (χ0) is 85.7. The number of aryl methyl sites for hydroxylation is 3. The van der Waals surface area contributed by atoms with Crippen molar-refractivity contribution in [1.29, 1.82) is 0 Å². The number of allylic oxidation sites excluding steroid dienone is 6. The van der Waals surface area contributed by atoms with Crippen LogP contribution in [-0.4, -0.2) is 83.2 Å². The Hall–Kier alpha value is -10.7. The summed E-state index contributed by atoms with van der Waals surface area (Å²) in [6, 6.07) is 109. The number of hydrogen-bond acceptors (Lipinski definition) is 15. The second-order valence-corrected chi connectivity index (χ2v) is 27.8. The Morgan fingerprint density at radius 2 is 0.824 bits per heavy atom. The monoisotopic (exact) mass is 2750 g/mol. The molecule has 0 aliphatic rings. The molecule has 0 aliphatic carbocycles. The van der Waals surface area contributed by atoms with E-state index in [0.29, 0.717) is 5.92 Å². The van der Waals surface area contributed by atoms with E-state index in [1.165, 1.54) is 115 Å². The number of carboxylic acid groups (broad SMARTS) is 1. The molecule has 0 amide bonds. The van der Waals surface area contributed by atoms with Gasteiger partial charge in [0.15, 0.2) is 17.3 Å². The predicted molar refractivity (Wildman–Crippen MR) is 481 cm³/mol. The predicted octanol–water partition coefficient (Wildman–Crippen LogP) is 24.1. The van der Waals surface area contributed by atoms with Crippen LogP contribution in [0.2, 0.25) is 0 Å². The van der Waals surface area contributed by atoms with Gasteiger partial charge >= 0.3 is 5.97 Å². The molecular formula is C102H94Ir6N8O8S-6. The summed E-state index contributed by atoms with van der Waals surface area (Å²) >= 11 is 1.73. The zero-order valence-corrected chi connectivity index (χ0v) is 85.6. The number of aromatic nitrogens is 8. The summed E-state index contributed by atoms with van der Waals surface area (Å²) in [4.78, 5) is 70.9. The van der Waals surface area contributed by atoms with Crippen molar-refractivity contribution in [2.45, 2.75) is 82.7 Å². The standard InChI is InChI=1S/C21H19N2.C13H8NS.C13H12N.C12H10N.2C11H8N.C6H5NO2.3C5H8O2.6Ir/c1-15(2)14-23-20-9-4-3-7-17(20)18-13-16(10-11-21(18)23)19-8-5-6-12-22-19;1-2-7-12-10(5-1)9-13(15-12)11-6-3-4-8-14-11;1-10-5-3-7-12(9-10)13-8-4-6-11(2)14-13;1-10-6-5-9-13-12(10)11-7-3-2-4-8-11;2*1-2-6-10(7-3-1)11-8-4-5-9-12-11;8-6(9)5-3-1-2-4-7-5;3*1-4(6)3-5(2)7;;;;;;/h3-9,11-13,15H,14H2,1-2H3;1-8H;3-6,8-9H,1-2H3;2-7,9H,1H3;2*1-6,8-9H;1-4H,(H,8,9);3*3,6H,1-2H3;;;;;;/q6*-1;;;;;;;;;;. The van der Waals surface area contributed by atoms with E-state index in [1.807, 2.05) is 214 Å². The maximum Gasteiger partial charge on any atom is 0.354 e. The molecule has 0 fully saturated rings. The molecule has 0 unspecified atom stereocenters. The molecule has 9 heterocycles. The van der Waals surface area contributed by atoms with Gasteiger partial charge in [-0.15, -0.1) is 190 Å². The van der Waals surface area contributed by atoms with Crippen LogP contribution in [0.3, 0.4) is 0 Å². The first kappa shape index (κ1) is 112. The van der Waals surface area contributed by atoms with Crippen LogP contribution in [-0.2, 0) is 142 Å². The molecule has 16 aromatic rings. The Morgan fingerprint density at radius 1 is 0.392 bits per heavy atom. The molecule has 0 aliphatic heterocycles. The fourth-order valence-electron chi connectivity index (χ4n) is 11.0. The first-order valence-corrected chi connectivity index (χ1v) is 38.8. The number of pyridine rings is 7. The summed E-state index contributed by atoms with van der Waals surface area (Å²) in [7, 11) is 0. The average molecular weight is 2750 g/mol. The maximum atomic E-state index is 10.1. The second-order valence-electron chi connectivity index (χ2n) is 26.7. The third-order valence-electron chi connectivity index (χ3n) is 16.0. The van der Waals surface area contributed by atoms with Crippen molar-refractivity contribution in [2.24, 2.45) is 5.92 Å². The van der Waals surface area contributed by atoms with Crippen molar-refractivity contribution >= 4 is 66.5 Å². The molecule has 125 heavy (non-hydrogen) atoms. The largest absolute Gasteiger partial charge is 0.512 e. The first-order chi connectivity index (χ1) is 57.4. The van der Waals surface area contributed by atoms with Crippen molar-refractivity contribution in [3.05, 3.63) is 405 Å². The molecule has 0 bridgehead atoms. The number of benzene rings is 7.